The summed E-state index contributed by atoms with van der Waals surface area (Å²) in [7, 11) is -3.77. The molecular weight excluding hydrogens is 453 g/mol. The number of β-amino-alcohol motifs (C(OH)–C–C–N with tert-alkyl or cyclic N) is 1. The minimum Gasteiger partial charge on any atom is -0.381 e. The summed E-state index contributed by atoms with van der Waals surface area (Å²) in [4.78, 5) is 0.228. The molecular formula is C24H23Cl2NO3S. The maximum Gasteiger partial charge on any atom is 0.169 e. The number of aliphatic hydroxyl groups is 1. The SMILES string of the molecule is CC1(S(C)(=O)=O)N(C(c2ccccc2)c2ccccc2)CC1(O)c1cc(Cl)cc(Cl)c1. The summed E-state index contributed by atoms with van der Waals surface area (Å²) in [5, 5.41) is 12.4. The molecule has 2 atom stereocenters. The molecule has 1 N–H and O–H groups in total. The molecule has 3 aromatic rings. The van der Waals surface area contributed by atoms with Gasteiger partial charge in [-0.1, -0.05) is 83.9 Å². The van der Waals surface area contributed by atoms with Crippen LogP contribution in [0, 0.1) is 0 Å². The lowest BCUT2D eigenvalue weighted by molar-refractivity contribution is -0.187. The smallest absolute Gasteiger partial charge is 0.169 e. The molecule has 1 heterocycles. The Morgan fingerprint density at radius 3 is 1.77 bits per heavy atom. The van der Waals surface area contributed by atoms with E-state index in [2.05, 4.69) is 0 Å². The van der Waals surface area contributed by atoms with Gasteiger partial charge in [0, 0.05) is 22.8 Å². The Labute approximate surface area is 193 Å². The van der Waals surface area contributed by atoms with E-state index in [1.165, 1.54) is 0 Å². The number of benzene rings is 3. The Morgan fingerprint density at radius 1 is 0.903 bits per heavy atom. The van der Waals surface area contributed by atoms with E-state index in [1.807, 2.05) is 65.6 Å². The van der Waals surface area contributed by atoms with Gasteiger partial charge in [-0.15, -0.1) is 0 Å². The Morgan fingerprint density at radius 2 is 1.35 bits per heavy atom. The van der Waals surface area contributed by atoms with Crippen LogP contribution in [0.15, 0.2) is 78.9 Å². The quantitative estimate of drug-likeness (QED) is 0.560. The lowest BCUT2D eigenvalue weighted by Gasteiger charge is -2.63. The topological polar surface area (TPSA) is 57.6 Å². The number of likely N-dealkylation sites (tertiary alicyclic amines) is 1. The van der Waals surface area contributed by atoms with Crippen molar-refractivity contribution >= 4 is 33.0 Å². The lowest BCUT2D eigenvalue weighted by atomic mass is 9.75. The van der Waals surface area contributed by atoms with Gasteiger partial charge in [0.25, 0.3) is 0 Å². The Kier molecular flexibility index (Phi) is 5.69. The fourth-order valence-corrected chi connectivity index (χ4v) is 6.44. The monoisotopic (exact) mass is 475 g/mol. The third-order valence-corrected chi connectivity index (χ3v) is 8.77. The molecule has 0 saturated carbocycles. The highest BCUT2D eigenvalue weighted by Crippen LogP contribution is 2.55. The van der Waals surface area contributed by atoms with E-state index in [-0.39, 0.29) is 12.6 Å². The molecule has 0 spiro atoms. The first-order valence-electron chi connectivity index (χ1n) is 9.83. The predicted octanol–water partition coefficient (Wildman–Crippen LogP) is 5.05. The molecule has 1 saturated heterocycles. The molecule has 1 fully saturated rings. The zero-order valence-electron chi connectivity index (χ0n) is 17.2. The number of hydrogen-bond donors (Lipinski definition) is 1. The van der Waals surface area contributed by atoms with Crippen LogP contribution in [0.2, 0.25) is 10.0 Å². The Bertz CT molecular complexity index is 1140. The summed E-state index contributed by atoms with van der Waals surface area (Å²) in [6.45, 7) is 1.67. The fourth-order valence-electron chi connectivity index (χ4n) is 4.52. The molecule has 3 aromatic carbocycles. The van der Waals surface area contributed by atoms with Gasteiger partial charge in [0.1, 0.15) is 5.60 Å². The maximum absolute atomic E-state index is 13.2. The summed E-state index contributed by atoms with van der Waals surface area (Å²) in [6.07, 6.45) is 1.16. The number of rotatable bonds is 5. The molecule has 1 aliphatic heterocycles. The highest BCUT2D eigenvalue weighted by atomic mass is 35.5. The average molecular weight is 476 g/mol. The van der Waals surface area contributed by atoms with Crippen LogP contribution in [-0.2, 0) is 15.4 Å². The highest BCUT2D eigenvalue weighted by molar-refractivity contribution is 7.92. The van der Waals surface area contributed by atoms with Crippen molar-refractivity contribution < 1.29 is 13.5 Å². The summed E-state index contributed by atoms with van der Waals surface area (Å²) in [5.41, 5.74) is 0.579. The van der Waals surface area contributed by atoms with Crippen LogP contribution in [0.3, 0.4) is 0 Å². The van der Waals surface area contributed by atoms with E-state index < -0.39 is 20.3 Å². The van der Waals surface area contributed by atoms with Gasteiger partial charge in [0.2, 0.25) is 0 Å². The van der Waals surface area contributed by atoms with Gasteiger partial charge in [-0.2, -0.15) is 0 Å². The minimum atomic E-state index is -3.77. The zero-order valence-corrected chi connectivity index (χ0v) is 19.5. The summed E-state index contributed by atoms with van der Waals surface area (Å²) >= 11 is 12.4. The first kappa shape index (κ1) is 22.3. The summed E-state index contributed by atoms with van der Waals surface area (Å²) in [5.74, 6) is 0. The molecule has 0 aliphatic carbocycles. The maximum atomic E-state index is 13.2. The first-order chi connectivity index (χ1) is 14.6. The van der Waals surface area contributed by atoms with E-state index in [0.717, 1.165) is 17.4 Å². The van der Waals surface area contributed by atoms with Crippen molar-refractivity contribution in [1.82, 2.24) is 4.90 Å². The summed E-state index contributed by atoms with van der Waals surface area (Å²) < 4.78 is 26.4. The van der Waals surface area contributed by atoms with Crippen molar-refractivity contribution in [3.8, 4) is 0 Å². The van der Waals surface area contributed by atoms with Gasteiger partial charge in [-0.25, -0.2) is 8.42 Å². The number of hydrogen-bond acceptors (Lipinski definition) is 4. The van der Waals surface area contributed by atoms with Gasteiger partial charge in [-0.05, 0) is 41.8 Å². The second kappa shape index (κ2) is 7.91. The Hall–Kier alpha value is -1.89. The van der Waals surface area contributed by atoms with Crippen molar-refractivity contribution in [3.63, 3.8) is 0 Å². The largest absolute Gasteiger partial charge is 0.381 e. The van der Waals surface area contributed by atoms with Crippen LogP contribution >= 0.6 is 23.2 Å². The van der Waals surface area contributed by atoms with Crippen LogP contribution in [0.5, 0.6) is 0 Å². The lowest BCUT2D eigenvalue weighted by Crippen LogP contribution is -2.78. The van der Waals surface area contributed by atoms with Crippen LogP contribution in [0.1, 0.15) is 29.7 Å². The molecule has 0 radical (unpaired) electrons. The van der Waals surface area contributed by atoms with Crippen molar-refractivity contribution in [2.24, 2.45) is 0 Å². The molecule has 2 unspecified atom stereocenters. The van der Waals surface area contributed by atoms with Crippen molar-refractivity contribution in [3.05, 3.63) is 106 Å². The molecule has 4 nitrogen and oxygen atoms in total. The van der Waals surface area contributed by atoms with Gasteiger partial charge in [-0.3, -0.25) is 4.90 Å². The molecule has 162 valence electrons. The molecule has 4 rings (SSSR count). The molecule has 1 aliphatic rings. The minimum absolute atomic E-state index is 0.0989. The number of sulfone groups is 1. The van der Waals surface area contributed by atoms with E-state index >= 15 is 0 Å². The average Bonchev–Trinajstić information content (AvgIpc) is 2.73. The third-order valence-electron chi connectivity index (χ3n) is 6.32. The number of halogens is 2. The van der Waals surface area contributed by atoms with Crippen LogP contribution < -0.4 is 0 Å². The zero-order chi connectivity index (χ0) is 22.4. The van der Waals surface area contributed by atoms with Crippen molar-refractivity contribution in [1.29, 1.82) is 0 Å². The Balaban J connectivity index is 1.90. The van der Waals surface area contributed by atoms with Gasteiger partial charge in [0.05, 0.1) is 6.04 Å². The van der Waals surface area contributed by atoms with E-state index in [9.17, 15) is 13.5 Å². The van der Waals surface area contributed by atoms with Crippen LogP contribution in [0.25, 0.3) is 0 Å². The molecule has 31 heavy (non-hydrogen) atoms. The molecule has 0 bridgehead atoms. The van der Waals surface area contributed by atoms with E-state index in [1.54, 1.807) is 25.1 Å². The van der Waals surface area contributed by atoms with Gasteiger partial charge >= 0.3 is 0 Å². The molecule has 0 amide bonds. The standard InChI is InChI=1S/C24H23Cl2NO3S/c1-23(31(2,29)30)24(28,19-13-20(25)15-21(26)14-19)16-27(23)22(17-9-5-3-6-10-17)18-11-7-4-8-12-18/h3-15,22,28H,16H2,1-2H3. The molecule has 0 aromatic heterocycles. The second-order valence-corrected chi connectivity index (χ2v) is 11.3. The first-order valence-corrected chi connectivity index (χ1v) is 12.5. The van der Waals surface area contributed by atoms with E-state index in [0.29, 0.717) is 15.6 Å². The number of nitrogens with zero attached hydrogens (tertiary/aromatic N) is 1. The normalized spacial score (nSPS) is 24.2. The van der Waals surface area contributed by atoms with Crippen LogP contribution in [-0.4, -0.2) is 36.1 Å². The van der Waals surface area contributed by atoms with Gasteiger partial charge in [0.15, 0.2) is 14.7 Å². The predicted molar refractivity (Wildman–Crippen MR) is 125 cm³/mol. The second-order valence-electron chi connectivity index (χ2n) is 8.13. The fraction of sp³-hybridized carbons (Fsp3) is 0.250. The molecule has 7 heteroatoms. The highest BCUT2D eigenvalue weighted by Gasteiger charge is 2.69. The van der Waals surface area contributed by atoms with Crippen molar-refractivity contribution in [2.75, 3.05) is 12.8 Å². The van der Waals surface area contributed by atoms with Gasteiger partial charge < -0.3 is 5.11 Å². The van der Waals surface area contributed by atoms with Crippen LogP contribution in [0.4, 0.5) is 0 Å². The third kappa shape index (κ3) is 3.59. The van der Waals surface area contributed by atoms with E-state index in [4.69, 9.17) is 23.2 Å². The van der Waals surface area contributed by atoms with Crippen molar-refractivity contribution in [2.45, 2.75) is 23.4 Å². The summed E-state index contributed by atoms with van der Waals surface area (Å²) in [6, 6.07) is 23.7.